The second-order valence-electron chi connectivity index (χ2n) is 4.02. The van der Waals surface area contributed by atoms with E-state index in [1.54, 1.807) is 0 Å². The highest BCUT2D eigenvalue weighted by molar-refractivity contribution is 6.30. The lowest BCUT2D eigenvalue weighted by Crippen LogP contribution is -2.10. The largest absolute Gasteiger partial charge is 0.301 e. The quantitative estimate of drug-likeness (QED) is 0.785. The summed E-state index contributed by atoms with van der Waals surface area (Å²) in [5.74, 6) is 0. The van der Waals surface area contributed by atoms with Crippen molar-refractivity contribution in [3.8, 4) is 0 Å². The summed E-state index contributed by atoms with van der Waals surface area (Å²) in [5.41, 5.74) is 10.8. The summed E-state index contributed by atoms with van der Waals surface area (Å²) in [7, 11) is 0. The topological polar surface area (TPSA) is 24.1 Å². The van der Waals surface area contributed by atoms with Crippen molar-refractivity contribution < 1.29 is 0 Å². The molecule has 0 heterocycles. The van der Waals surface area contributed by atoms with E-state index in [4.69, 9.17) is 11.6 Å². The van der Waals surface area contributed by atoms with Crippen LogP contribution >= 0.6 is 11.6 Å². The van der Waals surface area contributed by atoms with Crippen molar-refractivity contribution >= 4 is 23.0 Å². The molecule has 0 atom stereocenters. The van der Waals surface area contributed by atoms with Gasteiger partial charge < -0.3 is 10.9 Å². The van der Waals surface area contributed by atoms with Crippen molar-refractivity contribution in [2.45, 2.75) is 13.8 Å². The van der Waals surface area contributed by atoms with Crippen LogP contribution in [0.4, 0.5) is 11.4 Å². The number of benzene rings is 2. The van der Waals surface area contributed by atoms with Crippen molar-refractivity contribution in [2.75, 3.05) is 10.9 Å². The molecular formula is C14H15ClN2. The van der Waals surface area contributed by atoms with E-state index in [2.05, 4.69) is 23.8 Å². The molecule has 2 N–H and O–H groups in total. The van der Waals surface area contributed by atoms with Gasteiger partial charge in [0.2, 0.25) is 0 Å². The van der Waals surface area contributed by atoms with Gasteiger partial charge in [-0.25, -0.2) is 0 Å². The minimum atomic E-state index is 0.727. The van der Waals surface area contributed by atoms with Gasteiger partial charge in [-0.1, -0.05) is 35.9 Å². The van der Waals surface area contributed by atoms with Crippen LogP contribution in [-0.4, -0.2) is 0 Å². The van der Waals surface area contributed by atoms with E-state index < -0.39 is 0 Å². The lowest BCUT2D eigenvalue weighted by molar-refractivity contribution is 1.33. The van der Waals surface area contributed by atoms with E-state index in [-0.39, 0.29) is 0 Å². The van der Waals surface area contributed by atoms with Gasteiger partial charge in [-0.3, -0.25) is 0 Å². The van der Waals surface area contributed by atoms with Crippen molar-refractivity contribution in [1.82, 2.24) is 0 Å². The minimum absolute atomic E-state index is 0.727. The SMILES string of the molecule is Cc1ccccc1NNc1cc(Cl)ccc1C. The molecule has 0 aliphatic rings. The maximum atomic E-state index is 5.96. The maximum Gasteiger partial charge on any atom is 0.0583 e. The van der Waals surface area contributed by atoms with Crippen LogP contribution in [0.3, 0.4) is 0 Å². The van der Waals surface area contributed by atoms with Crippen LogP contribution in [0.25, 0.3) is 0 Å². The van der Waals surface area contributed by atoms with E-state index in [0.29, 0.717) is 0 Å². The van der Waals surface area contributed by atoms with Gasteiger partial charge in [0.1, 0.15) is 0 Å². The van der Waals surface area contributed by atoms with Gasteiger partial charge in [-0.2, -0.15) is 0 Å². The van der Waals surface area contributed by atoms with Gasteiger partial charge in [0.25, 0.3) is 0 Å². The first-order valence-corrected chi connectivity index (χ1v) is 5.88. The Morgan fingerprint density at radius 3 is 2.24 bits per heavy atom. The number of hydrazine groups is 1. The molecule has 0 spiro atoms. The van der Waals surface area contributed by atoms with Crippen molar-refractivity contribution in [1.29, 1.82) is 0 Å². The molecule has 0 radical (unpaired) electrons. The van der Waals surface area contributed by atoms with E-state index in [0.717, 1.165) is 22.0 Å². The summed E-state index contributed by atoms with van der Waals surface area (Å²) in [6.07, 6.45) is 0. The van der Waals surface area contributed by atoms with Crippen LogP contribution in [0.1, 0.15) is 11.1 Å². The molecule has 2 nitrogen and oxygen atoms in total. The first-order valence-electron chi connectivity index (χ1n) is 5.50. The van der Waals surface area contributed by atoms with Crippen LogP contribution in [0.2, 0.25) is 5.02 Å². The Hall–Kier alpha value is -1.67. The van der Waals surface area contributed by atoms with Crippen LogP contribution in [-0.2, 0) is 0 Å². The fourth-order valence-corrected chi connectivity index (χ4v) is 1.75. The molecule has 2 aromatic carbocycles. The predicted molar refractivity (Wildman–Crippen MR) is 74.6 cm³/mol. The van der Waals surface area contributed by atoms with Gasteiger partial charge in [0.15, 0.2) is 0 Å². The number of anilines is 2. The first-order chi connectivity index (χ1) is 8.16. The minimum Gasteiger partial charge on any atom is -0.301 e. The molecule has 0 aliphatic heterocycles. The Morgan fingerprint density at radius 2 is 1.47 bits per heavy atom. The molecule has 0 fully saturated rings. The Kier molecular flexibility index (Phi) is 3.55. The fraction of sp³-hybridized carbons (Fsp3) is 0.143. The summed E-state index contributed by atoms with van der Waals surface area (Å²) in [6, 6.07) is 13.9. The van der Waals surface area contributed by atoms with Crippen molar-refractivity contribution in [3.05, 3.63) is 58.6 Å². The highest BCUT2D eigenvalue weighted by Crippen LogP contribution is 2.21. The molecule has 2 aromatic rings. The second kappa shape index (κ2) is 5.11. The number of para-hydroxylation sites is 1. The third-order valence-corrected chi connectivity index (χ3v) is 2.91. The smallest absolute Gasteiger partial charge is 0.0583 e. The van der Waals surface area contributed by atoms with Crippen LogP contribution in [0, 0.1) is 13.8 Å². The highest BCUT2D eigenvalue weighted by Gasteiger charge is 2.00. The number of aryl methyl sites for hydroxylation is 2. The molecule has 0 amide bonds. The molecule has 0 aliphatic carbocycles. The summed E-state index contributed by atoms with van der Waals surface area (Å²) in [4.78, 5) is 0. The number of rotatable bonds is 3. The molecule has 88 valence electrons. The Bertz CT molecular complexity index is 523. The summed E-state index contributed by atoms with van der Waals surface area (Å²) < 4.78 is 0. The average molecular weight is 247 g/mol. The molecule has 0 saturated heterocycles. The number of nitrogens with one attached hydrogen (secondary N) is 2. The van der Waals surface area contributed by atoms with E-state index >= 15 is 0 Å². The molecule has 0 aromatic heterocycles. The van der Waals surface area contributed by atoms with Crippen molar-refractivity contribution in [3.63, 3.8) is 0 Å². The van der Waals surface area contributed by atoms with Crippen molar-refractivity contribution in [2.24, 2.45) is 0 Å². The van der Waals surface area contributed by atoms with Crippen LogP contribution in [0.5, 0.6) is 0 Å². The predicted octanol–water partition coefficient (Wildman–Crippen LogP) is 4.40. The number of hydrogen-bond acceptors (Lipinski definition) is 2. The third kappa shape index (κ3) is 2.92. The normalized spacial score (nSPS) is 10.1. The zero-order valence-electron chi connectivity index (χ0n) is 9.92. The van der Waals surface area contributed by atoms with Gasteiger partial charge in [0, 0.05) is 5.02 Å². The molecule has 2 rings (SSSR count). The van der Waals surface area contributed by atoms with Gasteiger partial charge in [-0.15, -0.1) is 0 Å². The lowest BCUT2D eigenvalue weighted by Gasteiger charge is -2.13. The standard InChI is InChI=1S/C14H15ClN2/c1-10-5-3-4-6-13(10)16-17-14-9-12(15)8-7-11(14)2/h3-9,16-17H,1-2H3. The number of hydrogen-bond donors (Lipinski definition) is 2. The molecular weight excluding hydrogens is 232 g/mol. The van der Waals surface area contributed by atoms with Crippen LogP contribution in [0.15, 0.2) is 42.5 Å². The zero-order valence-corrected chi connectivity index (χ0v) is 10.7. The highest BCUT2D eigenvalue weighted by atomic mass is 35.5. The molecule has 0 saturated carbocycles. The number of halogens is 1. The third-order valence-electron chi connectivity index (χ3n) is 2.68. The Balaban J connectivity index is 2.12. The average Bonchev–Trinajstić information content (AvgIpc) is 2.32. The lowest BCUT2D eigenvalue weighted by atomic mass is 10.2. The monoisotopic (exact) mass is 246 g/mol. The second-order valence-corrected chi connectivity index (χ2v) is 4.46. The Morgan fingerprint density at radius 1 is 0.824 bits per heavy atom. The Labute approximate surface area is 107 Å². The van der Waals surface area contributed by atoms with E-state index in [9.17, 15) is 0 Å². The van der Waals surface area contributed by atoms with Gasteiger partial charge >= 0.3 is 0 Å². The van der Waals surface area contributed by atoms with Gasteiger partial charge in [-0.05, 0) is 43.2 Å². The maximum absolute atomic E-state index is 5.96. The zero-order chi connectivity index (χ0) is 12.3. The fourth-order valence-electron chi connectivity index (χ4n) is 1.58. The first kappa shape index (κ1) is 11.8. The van der Waals surface area contributed by atoms with Crippen LogP contribution < -0.4 is 10.9 Å². The van der Waals surface area contributed by atoms with E-state index in [1.807, 2.05) is 43.3 Å². The molecule has 0 unspecified atom stereocenters. The molecule has 0 bridgehead atoms. The van der Waals surface area contributed by atoms with E-state index in [1.165, 1.54) is 5.56 Å². The summed E-state index contributed by atoms with van der Waals surface area (Å²) >= 11 is 5.96. The molecule has 3 heteroatoms. The summed E-state index contributed by atoms with van der Waals surface area (Å²) in [5, 5.41) is 0.727. The van der Waals surface area contributed by atoms with Gasteiger partial charge in [0.05, 0.1) is 11.4 Å². The molecule has 17 heavy (non-hydrogen) atoms. The summed E-state index contributed by atoms with van der Waals surface area (Å²) in [6.45, 7) is 4.10.